The highest BCUT2D eigenvalue weighted by Crippen LogP contribution is 2.36. The molecule has 18 heavy (non-hydrogen) atoms. The number of hydrogen-bond acceptors (Lipinski definition) is 3. The van der Waals surface area contributed by atoms with E-state index < -0.39 is 6.10 Å². The number of anilines is 1. The summed E-state index contributed by atoms with van der Waals surface area (Å²) >= 11 is 8.35. The number of aliphatic hydroxyl groups excluding tert-OH is 1. The first-order valence-electron chi connectivity index (χ1n) is 6.25. The van der Waals surface area contributed by atoms with Crippen molar-refractivity contribution in [2.24, 2.45) is 0 Å². The van der Waals surface area contributed by atoms with Crippen LogP contribution in [0.1, 0.15) is 32.4 Å². The molecule has 0 bridgehead atoms. The van der Waals surface area contributed by atoms with Crippen LogP contribution in [-0.2, 0) is 0 Å². The molecule has 1 saturated heterocycles. The zero-order chi connectivity index (χ0) is 13.3. The van der Waals surface area contributed by atoms with E-state index in [2.05, 4.69) is 18.7 Å². The van der Waals surface area contributed by atoms with Crippen molar-refractivity contribution < 1.29 is 5.11 Å². The standard InChI is InChI=1S/C14H20ClNOS/c1-10(17)11-4-5-13(12(15)8-11)16-6-7-18-14(2,3)9-16/h4-5,8,10,17H,6-7,9H2,1-3H3/t10-/m0/s1. The first kappa shape index (κ1) is 14.0. The largest absolute Gasteiger partial charge is 0.389 e. The van der Waals surface area contributed by atoms with Gasteiger partial charge in [0, 0.05) is 23.6 Å². The summed E-state index contributed by atoms with van der Waals surface area (Å²) < 4.78 is 0.268. The van der Waals surface area contributed by atoms with Crippen molar-refractivity contribution in [2.45, 2.75) is 31.6 Å². The van der Waals surface area contributed by atoms with Crippen LogP contribution < -0.4 is 4.90 Å². The second-order valence-electron chi connectivity index (χ2n) is 5.42. The van der Waals surface area contributed by atoms with Crippen LogP contribution in [0.25, 0.3) is 0 Å². The lowest BCUT2D eigenvalue weighted by molar-refractivity contribution is 0.199. The Labute approximate surface area is 118 Å². The molecule has 100 valence electrons. The summed E-state index contributed by atoms with van der Waals surface area (Å²) in [5.74, 6) is 1.13. The first-order chi connectivity index (χ1) is 8.39. The zero-order valence-corrected chi connectivity index (χ0v) is 12.7. The molecule has 0 aromatic heterocycles. The summed E-state index contributed by atoms with van der Waals surface area (Å²) in [7, 11) is 0. The molecule has 0 spiro atoms. The van der Waals surface area contributed by atoms with Crippen LogP contribution in [0.5, 0.6) is 0 Å². The monoisotopic (exact) mass is 285 g/mol. The second kappa shape index (κ2) is 5.32. The molecule has 1 atom stereocenters. The third kappa shape index (κ3) is 3.14. The number of halogens is 1. The van der Waals surface area contributed by atoms with Gasteiger partial charge in [0.2, 0.25) is 0 Å². The van der Waals surface area contributed by atoms with Gasteiger partial charge in [-0.05, 0) is 38.5 Å². The van der Waals surface area contributed by atoms with E-state index in [0.29, 0.717) is 0 Å². The molecule has 1 aliphatic heterocycles. The van der Waals surface area contributed by atoms with Gasteiger partial charge in [-0.1, -0.05) is 17.7 Å². The second-order valence-corrected chi connectivity index (χ2v) is 7.63. The quantitative estimate of drug-likeness (QED) is 0.896. The van der Waals surface area contributed by atoms with Gasteiger partial charge in [0.15, 0.2) is 0 Å². The highest BCUT2D eigenvalue weighted by atomic mass is 35.5. The van der Waals surface area contributed by atoms with Crippen LogP contribution in [0.2, 0.25) is 5.02 Å². The number of hydrogen-bond donors (Lipinski definition) is 1. The van der Waals surface area contributed by atoms with Crippen molar-refractivity contribution in [2.75, 3.05) is 23.7 Å². The maximum Gasteiger partial charge on any atom is 0.0762 e. The minimum absolute atomic E-state index is 0.268. The van der Waals surface area contributed by atoms with Gasteiger partial charge in [-0.15, -0.1) is 0 Å². The maximum atomic E-state index is 9.56. The zero-order valence-electron chi connectivity index (χ0n) is 11.1. The third-order valence-electron chi connectivity index (χ3n) is 3.22. The minimum atomic E-state index is -0.468. The van der Waals surface area contributed by atoms with E-state index in [1.165, 1.54) is 0 Å². The van der Waals surface area contributed by atoms with Crippen LogP contribution >= 0.6 is 23.4 Å². The van der Waals surface area contributed by atoms with Crippen LogP contribution in [0.4, 0.5) is 5.69 Å². The van der Waals surface area contributed by atoms with Crippen molar-refractivity contribution in [1.29, 1.82) is 0 Å². The van der Waals surface area contributed by atoms with E-state index in [1.54, 1.807) is 6.92 Å². The molecule has 1 aromatic carbocycles. The van der Waals surface area contributed by atoms with Crippen molar-refractivity contribution in [1.82, 2.24) is 0 Å². The maximum absolute atomic E-state index is 9.56. The Morgan fingerprint density at radius 1 is 1.44 bits per heavy atom. The molecule has 2 rings (SSSR count). The topological polar surface area (TPSA) is 23.5 Å². The van der Waals surface area contributed by atoms with E-state index in [1.807, 2.05) is 30.0 Å². The predicted molar refractivity (Wildman–Crippen MR) is 80.8 cm³/mol. The average molecular weight is 286 g/mol. The molecule has 1 N–H and O–H groups in total. The number of thioether (sulfide) groups is 1. The van der Waals surface area contributed by atoms with Gasteiger partial charge in [-0.3, -0.25) is 0 Å². The Morgan fingerprint density at radius 3 is 2.72 bits per heavy atom. The summed E-state index contributed by atoms with van der Waals surface area (Å²) in [6.07, 6.45) is -0.468. The first-order valence-corrected chi connectivity index (χ1v) is 7.62. The summed E-state index contributed by atoms with van der Waals surface area (Å²) in [4.78, 5) is 2.34. The fraction of sp³-hybridized carbons (Fsp3) is 0.571. The van der Waals surface area contributed by atoms with Gasteiger partial charge in [-0.2, -0.15) is 11.8 Å². The van der Waals surface area contributed by atoms with Gasteiger partial charge < -0.3 is 10.0 Å². The summed E-state index contributed by atoms with van der Waals surface area (Å²) in [5.41, 5.74) is 1.95. The summed E-state index contributed by atoms with van der Waals surface area (Å²) in [6, 6.07) is 5.85. The Hall–Kier alpha value is -0.380. The predicted octanol–water partition coefficient (Wildman–Crippen LogP) is 3.73. The Morgan fingerprint density at radius 2 is 2.17 bits per heavy atom. The minimum Gasteiger partial charge on any atom is -0.389 e. The highest BCUT2D eigenvalue weighted by Gasteiger charge is 2.28. The molecule has 0 amide bonds. The lowest BCUT2D eigenvalue weighted by atomic mass is 10.1. The smallest absolute Gasteiger partial charge is 0.0762 e. The van der Waals surface area contributed by atoms with Gasteiger partial charge in [0.05, 0.1) is 16.8 Å². The van der Waals surface area contributed by atoms with Gasteiger partial charge in [0.25, 0.3) is 0 Å². The fourth-order valence-electron chi connectivity index (χ4n) is 2.26. The Kier molecular flexibility index (Phi) is 4.15. The van der Waals surface area contributed by atoms with Crippen LogP contribution in [0.15, 0.2) is 18.2 Å². The summed E-state index contributed by atoms with van der Waals surface area (Å²) in [5, 5.41) is 10.3. The van der Waals surface area contributed by atoms with Crippen LogP contribution in [0, 0.1) is 0 Å². The average Bonchev–Trinajstić information content (AvgIpc) is 2.27. The van der Waals surface area contributed by atoms with E-state index in [4.69, 9.17) is 11.6 Å². The SMILES string of the molecule is C[C@H](O)c1ccc(N2CCSC(C)(C)C2)c(Cl)c1. The van der Waals surface area contributed by atoms with Gasteiger partial charge in [-0.25, -0.2) is 0 Å². The molecular formula is C14H20ClNOS. The van der Waals surface area contributed by atoms with E-state index in [9.17, 15) is 5.11 Å². The van der Waals surface area contributed by atoms with E-state index in [-0.39, 0.29) is 4.75 Å². The molecule has 0 aliphatic carbocycles. The van der Waals surface area contributed by atoms with E-state index in [0.717, 1.165) is 35.1 Å². The molecule has 1 aliphatic rings. The van der Waals surface area contributed by atoms with Crippen LogP contribution in [-0.4, -0.2) is 28.7 Å². The third-order valence-corrected chi connectivity index (χ3v) is 4.82. The fourth-order valence-corrected chi connectivity index (χ4v) is 3.68. The molecule has 1 aromatic rings. The number of rotatable bonds is 2. The number of benzene rings is 1. The molecule has 4 heteroatoms. The van der Waals surface area contributed by atoms with Crippen LogP contribution in [0.3, 0.4) is 0 Å². The normalized spacial score (nSPS) is 20.8. The molecule has 1 fully saturated rings. The lowest BCUT2D eigenvalue weighted by Crippen LogP contribution is -2.43. The van der Waals surface area contributed by atoms with Crippen molar-refractivity contribution in [3.05, 3.63) is 28.8 Å². The van der Waals surface area contributed by atoms with Crippen molar-refractivity contribution >= 4 is 29.1 Å². The van der Waals surface area contributed by atoms with Crippen molar-refractivity contribution in [3.63, 3.8) is 0 Å². The highest BCUT2D eigenvalue weighted by molar-refractivity contribution is 8.00. The molecule has 2 nitrogen and oxygen atoms in total. The summed E-state index contributed by atoms with van der Waals surface area (Å²) in [6.45, 7) is 8.32. The Bertz CT molecular complexity index is 434. The van der Waals surface area contributed by atoms with Crippen molar-refractivity contribution in [3.8, 4) is 0 Å². The van der Waals surface area contributed by atoms with Gasteiger partial charge in [0.1, 0.15) is 0 Å². The molecular weight excluding hydrogens is 266 g/mol. The molecule has 0 radical (unpaired) electrons. The number of nitrogens with zero attached hydrogens (tertiary/aromatic N) is 1. The molecule has 0 saturated carbocycles. The lowest BCUT2D eigenvalue weighted by Gasteiger charge is -2.39. The Balaban J connectivity index is 2.23. The number of aliphatic hydroxyl groups is 1. The van der Waals surface area contributed by atoms with E-state index >= 15 is 0 Å². The molecule has 0 unspecified atom stereocenters. The van der Waals surface area contributed by atoms with Gasteiger partial charge >= 0.3 is 0 Å². The molecule has 1 heterocycles.